The molecule has 0 aliphatic heterocycles. The fourth-order valence-electron chi connectivity index (χ4n) is 0.421. The third-order valence-electron chi connectivity index (χ3n) is 0.910. The van der Waals surface area contributed by atoms with Gasteiger partial charge < -0.3 is 0 Å². The SMILES string of the molecule is C=C(C)/C=C\C(=C)CC#N.CC. The molecule has 0 atom stereocenters. The minimum atomic E-state index is 0.393. The Balaban J connectivity index is 0. The predicted molar refractivity (Wildman–Crippen MR) is 54.7 cm³/mol. The van der Waals surface area contributed by atoms with Crippen LogP contribution in [0.3, 0.4) is 0 Å². The lowest BCUT2D eigenvalue weighted by Crippen LogP contribution is -1.71. The summed E-state index contributed by atoms with van der Waals surface area (Å²) in [5.41, 5.74) is 1.80. The van der Waals surface area contributed by atoms with Crippen LogP contribution in [0.4, 0.5) is 0 Å². The molecule has 12 heavy (non-hydrogen) atoms. The Hall–Kier alpha value is -1.29. The topological polar surface area (TPSA) is 23.8 Å². The van der Waals surface area contributed by atoms with Gasteiger partial charge in [0.2, 0.25) is 0 Å². The first kappa shape index (κ1) is 13.3. The number of rotatable bonds is 3. The van der Waals surface area contributed by atoms with Crippen LogP contribution in [0.2, 0.25) is 0 Å². The molecule has 0 N–H and O–H groups in total. The number of hydrogen-bond donors (Lipinski definition) is 0. The van der Waals surface area contributed by atoms with Gasteiger partial charge in [-0.05, 0) is 12.5 Å². The quantitative estimate of drug-likeness (QED) is 0.583. The molecule has 0 aromatic rings. The minimum absolute atomic E-state index is 0.393. The molecule has 0 rings (SSSR count). The number of nitrogens with zero attached hydrogens (tertiary/aromatic N) is 1. The largest absolute Gasteiger partial charge is 0.198 e. The molecule has 0 aromatic carbocycles. The maximum Gasteiger partial charge on any atom is 0.0669 e. The van der Waals surface area contributed by atoms with Crippen molar-refractivity contribution in [1.29, 1.82) is 5.26 Å². The summed E-state index contributed by atoms with van der Waals surface area (Å²) in [5, 5.41) is 8.23. The average Bonchev–Trinajstić information content (AvgIpc) is 2.05. The molecule has 0 saturated carbocycles. The fraction of sp³-hybridized carbons (Fsp3) is 0.364. The zero-order valence-corrected chi connectivity index (χ0v) is 8.22. The van der Waals surface area contributed by atoms with Crippen LogP contribution >= 0.6 is 0 Å². The summed E-state index contributed by atoms with van der Waals surface area (Å²) in [6.45, 7) is 13.2. The summed E-state index contributed by atoms with van der Waals surface area (Å²) < 4.78 is 0. The highest BCUT2D eigenvalue weighted by molar-refractivity contribution is 5.24. The average molecular weight is 163 g/mol. The summed E-state index contributed by atoms with van der Waals surface area (Å²) in [6.07, 6.45) is 4.05. The van der Waals surface area contributed by atoms with E-state index in [-0.39, 0.29) is 0 Å². The first-order valence-corrected chi connectivity index (χ1v) is 4.05. The highest BCUT2D eigenvalue weighted by atomic mass is 14.2. The van der Waals surface area contributed by atoms with Gasteiger partial charge in [0.1, 0.15) is 0 Å². The molecule has 0 unspecified atom stereocenters. The molecule has 1 nitrogen and oxygen atoms in total. The van der Waals surface area contributed by atoms with E-state index in [0.717, 1.165) is 11.1 Å². The monoisotopic (exact) mass is 163 g/mol. The van der Waals surface area contributed by atoms with Crippen molar-refractivity contribution in [3.63, 3.8) is 0 Å². The molecule has 0 saturated heterocycles. The normalized spacial score (nSPS) is 8.17. The van der Waals surface area contributed by atoms with E-state index < -0.39 is 0 Å². The van der Waals surface area contributed by atoms with Crippen LogP contribution < -0.4 is 0 Å². The Morgan fingerprint density at radius 2 is 1.83 bits per heavy atom. The van der Waals surface area contributed by atoms with Gasteiger partial charge in [-0.15, -0.1) is 0 Å². The third-order valence-corrected chi connectivity index (χ3v) is 0.910. The van der Waals surface area contributed by atoms with Gasteiger partial charge in [-0.3, -0.25) is 0 Å². The Labute approximate surface area is 75.7 Å². The molecule has 0 aliphatic carbocycles. The van der Waals surface area contributed by atoms with E-state index in [1.165, 1.54) is 0 Å². The van der Waals surface area contributed by atoms with Crippen LogP contribution in [0.25, 0.3) is 0 Å². The van der Waals surface area contributed by atoms with E-state index in [4.69, 9.17) is 5.26 Å². The van der Waals surface area contributed by atoms with Crippen LogP contribution in [-0.2, 0) is 0 Å². The van der Waals surface area contributed by atoms with Gasteiger partial charge in [0.25, 0.3) is 0 Å². The van der Waals surface area contributed by atoms with Gasteiger partial charge in [0.15, 0.2) is 0 Å². The van der Waals surface area contributed by atoms with Crippen molar-refractivity contribution in [2.45, 2.75) is 27.2 Å². The van der Waals surface area contributed by atoms with Gasteiger partial charge in [-0.1, -0.05) is 44.7 Å². The maximum absolute atomic E-state index is 8.23. The predicted octanol–water partition coefficient (Wildman–Crippen LogP) is 3.61. The number of nitriles is 1. The third kappa shape index (κ3) is 11.5. The van der Waals surface area contributed by atoms with Crippen molar-refractivity contribution in [2.24, 2.45) is 0 Å². The van der Waals surface area contributed by atoms with Crippen LogP contribution in [0.5, 0.6) is 0 Å². The van der Waals surface area contributed by atoms with E-state index in [9.17, 15) is 0 Å². The summed E-state index contributed by atoms with van der Waals surface area (Å²) >= 11 is 0. The zero-order valence-electron chi connectivity index (χ0n) is 8.22. The summed E-state index contributed by atoms with van der Waals surface area (Å²) in [4.78, 5) is 0. The summed E-state index contributed by atoms with van der Waals surface area (Å²) in [7, 11) is 0. The second kappa shape index (κ2) is 9.71. The van der Waals surface area contributed by atoms with Crippen LogP contribution in [0.1, 0.15) is 27.2 Å². The zero-order chi connectivity index (χ0) is 9.98. The van der Waals surface area contributed by atoms with Crippen molar-refractivity contribution >= 4 is 0 Å². The molecular formula is C11H17N. The summed E-state index contributed by atoms with van der Waals surface area (Å²) in [5.74, 6) is 0. The van der Waals surface area contributed by atoms with Gasteiger partial charge in [-0.2, -0.15) is 5.26 Å². The standard InChI is InChI=1S/C9H11N.C2H6/c1-8(2)4-5-9(3)6-7-10;1-2/h4-5H,1,3,6H2,2H3;1-2H3/b5-4-;. The Morgan fingerprint density at radius 3 is 2.17 bits per heavy atom. The molecule has 0 radical (unpaired) electrons. The number of allylic oxidation sites excluding steroid dienone is 4. The maximum atomic E-state index is 8.23. The molecule has 0 aliphatic rings. The fourth-order valence-corrected chi connectivity index (χ4v) is 0.421. The molecule has 0 aromatic heterocycles. The number of hydrogen-bond acceptors (Lipinski definition) is 1. The van der Waals surface area contributed by atoms with Crippen LogP contribution in [-0.4, -0.2) is 0 Å². The lowest BCUT2D eigenvalue weighted by Gasteiger charge is -1.88. The van der Waals surface area contributed by atoms with Gasteiger partial charge in [-0.25, -0.2) is 0 Å². The molecule has 66 valence electrons. The van der Waals surface area contributed by atoms with Crippen LogP contribution in [0.15, 0.2) is 36.5 Å². The van der Waals surface area contributed by atoms with Gasteiger partial charge in [0.05, 0.1) is 12.5 Å². The second-order valence-corrected chi connectivity index (χ2v) is 2.17. The van der Waals surface area contributed by atoms with Crippen molar-refractivity contribution < 1.29 is 0 Å². The van der Waals surface area contributed by atoms with Crippen LogP contribution in [0, 0.1) is 11.3 Å². The van der Waals surface area contributed by atoms with Gasteiger partial charge in [0, 0.05) is 0 Å². The second-order valence-electron chi connectivity index (χ2n) is 2.17. The minimum Gasteiger partial charge on any atom is -0.198 e. The van der Waals surface area contributed by atoms with E-state index in [1.807, 2.05) is 39.0 Å². The van der Waals surface area contributed by atoms with Crippen molar-refractivity contribution in [3.05, 3.63) is 36.5 Å². The molecule has 0 bridgehead atoms. The molecular weight excluding hydrogens is 146 g/mol. The molecule has 0 heterocycles. The highest BCUT2D eigenvalue weighted by Gasteiger charge is 1.83. The van der Waals surface area contributed by atoms with Crippen molar-refractivity contribution in [1.82, 2.24) is 0 Å². The Kier molecular flexibility index (Phi) is 10.8. The van der Waals surface area contributed by atoms with E-state index >= 15 is 0 Å². The van der Waals surface area contributed by atoms with E-state index in [0.29, 0.717) is 6.42 Å². The lowest BCUT2D eigenvalue weighted by molar-refractivity contribution is 1.28. The lowest BCUT2D eigenvalue weighted by atomic mass is 10.2. The van der Waals surface area contributed by atoms with E-state index in [2.05, 4.69) is 13.2 Å². The molecule has 0 spiro atoms. The van der Waals surface area contributed by atoms with Gasteiger partial charge >= 0.3 is 0 Å². The summed E-state index contributed by atoms with van der Waals surface area (Å²) in [6, 6.07) is 2.01. The smallest absolute Gasteiger partial charge is 0.0669 e. The van der Waals surface area contributed by atoms with Crippen molar-refractivity contribution in [2.75, 3.05) is 0 Å². The first-order chi connectivity index (χ1) is 5.66. The molecule has 1 heteroatoms. The van der Waals surface area contributed by atoms with E-state index in [1.54, 1.807) is 0 Å². The Morgan fingerprint density at radius 1 is 1.33 bits per heavy atom. The highest BCUT2D eigenvalue weighted by Crippen LogP contribution is 2.00. The Bertz CT molecular complexity index is 204. The molecule has 0 fully saturated rings. The first-order valence-electron chi connectivity index (χ1n) is 4.05. The van der Waals surface area contributed by atoms with Crippen molar-refractivity contribution in [3.8, 4) is 6.07 Å². The molecule has 0 amide bonds.